The standard InChI is InChI=1S/C25H20N2O5/c28-23(14-5-7-15(8-6-14)25(30)31)26-17-9-10-21-19(12-17)20(24(29)27-21)13-18-11-16-3-1-2-4-22(16)32-18/h5-13H,1-4H2,(H,26,28)(H,27,29)(H,30,31). The molecule has 1 aromatic heterocycles. The summed E-state index contributed by atoms with van der Waals surface area (Å²) in [6.07, 6.45) is 5.92. The predicted octanol–water partition coefficient (Wildman–Crippen LogP) is 4.60. The highest BCUT2D eigenvalue weighted by molar-refractivity contribution is 6.35. The van der Waals surface area contributed by atoms with Crippen molar-refractivity contribution in [2.24, 2.45) is 0 Å². The number of amides is 2. The van der Waals surface area contributed by atoms with Gasteiger partial charge in [0.15, 0.2) is 0 Å². The summed E-state index contributed by atoms with van der Waals surface area (Å²) in [6.45, 7) is 0. The van der Waals surface area contributed by atoms with E-state index in [9.17, 15) is 14.4 Å². The number of furan rings is 1. The highest BCUT2D eigenvalue weighted by atomic mass is 16.4. The molecular weight excluding hydrogens is 408 g/mol. The van der Waals surface area contributed by atoms with Crippen LogP contribution in [0.3, 0.4) is 0 Å². The second-order valence-electron chi connectivity index (χ2n) is 7.91. The summed E-state index contributed by atoms with van der Waals surface area (Å²) < 4.78 is 5.94. The number of benzene rings is 2. The van der Waals surface area contributed by atoms with Crippen molar-refractivity contribution in [1.82, 2.24) is 0 Å². The van der Waals surface area contributed by atoms with Gasteiger partial charge in [0, 0.05) is 28.9 Å². The number of hydrogen-bond acceptors (Lipinski definition) is 4. The van der Waals surface area contributed by atoms with Gasteiger partial charge >= 0.3 is 5.97 Å². The number of nitrogens with one attached hydrogen (secondary N) is 2. The maximum atomic E-state index is 12.6. The van der Waals surface area contributed by atoms with Gasteiger partial charge in [0.05, 0.1) is 11.1 Å². The second-order valence-corrected chi connectivity index (χ2v) is 7.91. The van der Waals surface area contributed by atoms with Gasteiger partial charge in [-0.1, -0.05) is 0 Å². The van der Waals surface area contributed by atoms with E-state index >= 15 is 0 Å². The van der Waals surface area contributed by atoms with Crippen LogP contribution in [0.15, 0.2) is 52.9 Å². The highest BCUT2D eigenvalue weighted by Crippen LogP contribution is 2.36. The third kappa shape index (κ3) is 3.69. The fourth-order valence-corrected chi connectivity index (χ4v) is 4.10. The van der Waals surface area contributed by atoms with Crippen molar-refractivity contribution in [3.05, 3.63) is 82.3 Å². The Bertz CT molecular complexity index is 1260. The quantitative estimate of drug-likeness (QED) is 0.526. The molecule has 3 aromatic rings. The van der Waals surface area contributed by atoms with Crippen LogP contribution in [-0.4, -0.2) is 22.9 Å². The molecule has 5 rings (SSSR count). The number of carboxylic acid groups (broad SMARTS) is 1. The van der Waals surface area contributed by atoms with Crippen molar-refractivity contribution >= 4 is 40.8 Å². The van der Waals surface area contributed by atoms with Crippen molar-refractivity contribution in [3.63, 3.8) is 0 Å². The van der Waals surface area contributed by atoms with Crippen LogP contribution >= 0.6 is 0 Å². The van der Waals surface area contributed by atoms with Gasteiger partial charge in [-0.25, -0.2) is 4.79 Å². The molecule has 2 heterocycles. The topological polar surface area (TPSA) is 109 Å². The number of carbonyl (C=O) groups is 3. The van der Waals surface area contributed by atoms with Gasteiger partial charge in [0.2, 0.25) is 0 Å². The van der Waals surface area contributed by atoms with Crippen LogP contribution in [0.2, 0.25) is 0 Å². The molecule has 0 spiro atoms. The third-order valence-corrected chi connectivity index (χ3v) is 5.76. The van der Waals surface area contributed by atoms with Gasteiger partial charge in [-0.15, -0.1) is 0 Å². The SMILES string of the molecule is O=C1Nc2ccc(NC(=O)c3ccc(C(=O)O)cc3)cc2C1=Cc1cc2c(o1)CCCC2. The van der Waals surface area contributed by atoms with Crippen LogP contribution in [0.25, 0.3) is 11.6 Å². The smallest absolute Gasteiger partial charge is 0.335 e. The molecule has 0 unspecified atom stereocenters. The molecule has 0 fully saturated rings. The number of anilines is 2. The monoisotopic (exact) mass is 428 g/mol. The summed E-state index contributed by atoms with van der Waals surface area (Å²) >= 11 is 0. The summed E-state index contributed by atoms with van der Waals surface area (Å²) in [7, 11) is 0. The number of aromatic carboxylic acids is 1. The Hall–Kier alpha value is -4.13. The predicted molar refractivity (Wildman–Crippen MR) is 120 cm³/mol. The van der Waals surface area contributed by atoms with E-state index in [0.29, 0.717) is 33.8 Å². The zero-order valence-electron chi connectivity index (χ0n) is 17.1. The first-order valence-corrected chi connectivity index (χ1v) is 10.4. The number of rotatable bonds is 4. The molecule has 2 aromatic carbocycles. The maximum absolute atomic E-state index is 12.6. The molecule has 7 heteroatoms. The van der Waals surface area contributed by atoms with E-state index in [-0.39, 0.29) is 17.4 Å². The van der Waals surface area contributed by atoms with Crippen molar-refractivity contribution < 1.29 is 23.9 Å². The number of aryl methyl sites for hydroxylation is 2. The molecular formula is C25H20N2O5. The number of carbonyl (C=O) groups excluding carboxylic acids is 2. The van der Waals surface area contributed by atoms with Gasteiger partial charge in [-0.3, -0.25) is 9.59 Å². The van der Waals surface area contributed by atoms with Crippen LogP contribution in [-0.2, 0) is 17.6 Å². The Morgan fingerprint density at radius 3 is 2.50 bits per heavy atom. The first kappa shape index (κ1) is 19.8. The second kappa shape index (κ2) is 7.85. The van der Waals surface area contributed by atoms with Crippen LogP contribution in [0, 0.1) is 0 Å². The lowest BCUT2D eigenvalue weighted by molar-refractivity contribution is -0.110. The van der Waals surface area contributed by atoms with E-state index in [1.165, 1.54) is 29.8 Å². The first-order valence-electron chi connectivity index (χ1n) is 10.4. The minimum absolute atomic E-state index is 0.109. The Morgan fingerprint density at radius 1 is 1.00 bits per heavy atom. The van der Waals surface area contributed by atoms with Crippen LogP contribution in [0.1, 0.15) is 56.2 Å². The molecule has 1 aliphatic carbocycles. The van der Waals surface area contributed by atoms with E-state index in [0.717, 1.165) is 31.4 Å². The number of fused-ring (bicyclic) bond motifs is 2. The van der Waals surface area contributed by atoms with Gasteiger partial charge in [-0.05, 0) is 79.4 Å². The van der Waals surface area contributed by atoms with Gasteiger partial charge < -0.3 is 20.2 Å². The molecule has 2 amide bonds. The number of hydrogen-bond donors (Lipinski definition) is 3. The molecule has 32 heavy (non-hydrogen) atoms. The van der Waals surface area contributed by atoms with Crippen molar-refractivity contribution in [3.8, 4) is 0 Å². The Labute approximate surface area is 183 Å². The van der Waals surface area contributed by atoms with E-state index in [2.05, 4.69) is 10.6 Å². The minimum Gasteiger partial charge on any atom is -0.478 e. The van der Waals surface area contributed by atoms with Crippen molar-refractivity contribution in [2.45, 2.75) is 25.7 Å². The summed E-state index contributed by atoms with van der Waals surface area (Å²) in [6, 6.07) is 12.9. The molecule has 0 radical (unpaired) electrons. The van der Waals surface area contributed by atoms with Crippen LogP contribution in [0.4, 0.5) is 11.4 Å². The van der Waals surface area contributed by atoms with Crippen LogP contribution in [0.5, 0.6) is 0 Å². The summed E-state index contributed by atoms with van der Waals surface area (Å²) in [4.78, 5) is 36.1. The molecule has 2 aliphatic rings. The van der Waals surface area contributed by atoms with Crippen molar-refractivity contribution in [2.75, 3.05) is 10.6 Å². The lowest BCUT2D eigenvalue weighted by atomic mass is 9.98. The summed E-state index contributed by atoms with van der Waals surface area (Å²) in [5.41, 5.74) is 4.01. The van der Waals surface area contributed by atoms with E-state index in [1.54, 1.807) is 24.3 Å². The highest BCUT2D eigenvalue weighted by Gasteiger charge is 2.26. The lowest BCUT2D eigenvalue weighted by Gasteiger charge is -2.08. The summed E-state index contributed by atoms with van der Waals surface area (Å²) in [5.74, 6) is 0.00881. The molecule has 3 N–H and O–H groups in total. The molecule has 160 valence electrons. The Kier molecular flexibility index (Phi) is 4.86. The third-order valence-electron chi connectivity index (χ3n) is 5.76. The molecule has 1 aliphatic heterocycles. The Morgan fingerprint density at radius 2 is 1.75 bits per heavy atom. The zero-order chi connectivity index (χ0) is 22.2. The van der Waals surface area contributed by atoms with Gasteiger partial charge in [0.25, 0.3) is 11.8 Å². The molecule has 0 saturated carbocycles. The van der Waals surface area contributed by atoms with Gasteiger partial charge in [-0.2, -0.15) is 0 Å². The molecule has 0 saturated heterocycles. The Balaban J connectivity index is 1.40. The first-order chi connectivity index (χ1) is 15.5. The molecule has 0 bridgehead atoms. The zero-order valence-corrected chi connectivity index (χ0v) is 17.1. The van der Waals surface area contributed by atoms with E-state index < -0.39 is 5.97 Å². The number of carboxylic acids is 1. The average molecular weight is 428 g/mol. The minimum atomic E-state index is -1.05. The van der Waals surface area contributed by atoms with E-state index in [1.807, 2.05) is 6.07 Å². The largest absolute Gasteiger partial charge is 0.478 e. The fraction of sp³-hybridized carbons (Fsp3) is 0.160. The average Bonchev–Trinajstić information content (AvgIpc) is 3.34. The lowest BCUT2D eigenvalue weighted by Crippen LogP contribution is -2.12. The maximum Gasteiger partial charge on any atom is 0.335 e. The summed E-state index contributed by atoms with van der Waals surface area (Å²) in [5, 5.41) is 14.6. The normalized spacial score (nSPS) is 15.8. The van der Waals surface area contributed by atoms with Crippen molar-refractivity contribution in [1.29, 1.82) is 0 Å². The fourth-order valence-electron chi connectivity index (χ4n) is 4.10. The molecule has 7 nitrogen and oxygen atoms in total. The van der Waals surface area contributed by atoms with Crippen LogP contribution < -0.4 is 10.6 Å². The van der Waals surface area contributed by atoms with E-state index in [4.69, 9.17) is 9.52 Å². The van der Waals surface area contributed by atoms with Gasteiger partial charge in [0.1, 0.15) is 11.5 Å². The molecule has 0 atom stereocenters.